The third kappa shape index (κ3) is 3.52. The molecular weight excluding hydrogens is 394 g/mol. The highest BCUT2D eigenvalue weighted by Gasteiger charge is 2.45. The number of nitrogens with one attached hydrogen (secondary N) is 1. The number of rotatable bonds is 6. The van der Waals surface area contributed by atoms with Gasteiger partial charge in [0.1, 0.15) is 30.4 Å². The average molecular weight is 415 g/mol. The van der Waals surface area contributed by atoms with Crippen molar-refractivity contribution in [1.29, 1.82) is 0 Å². The van der Waals surface area contributed by atoms with E-state index in [1.165, 1.54) is 10.9 Å². The van der Waals surface area contributed by atoms with Gasteiger partial charge in [0, 0.05) is 0 Å². The molecule has 0 aliphatic carbocycles. The minimum absolute atomic E-state index is 0.132. The smallest absolute Gasteiger partial charge is 0.228 e. The van der Waals surface area contributed by atoms with E-state index in [0.717, 1.165) is 11.3 Å². The van der Waals surface area contributed by atoms with Crippen LogP contribution < -0.4 is 15.9 Å². The molecule has 0 bridgehead atoms. The summed E-state index contributed by atoms with van der Waals surface area (Å²) in [6.07, 6.45) is -1.83. The molecule has 0 radical (unpaired) electrons. The molecule has 4 atom stereocenters. The lowest BCUT2D eigenvalue weighted by Gasteiger charge is -2.18. The Morgan fingerprint density at radius 2 is 2.03 bits per heavy atom. The number of ether oxygens (including phenoxy) is 2. The van der Waals surface area contributed by atoms with Crippen molar-refractivity contribution < 1.29 is 24.8 Å². The van der Waals surface area contributed by atoms with Crippen molar-refractivity contribution in [3.05, 3.63) is 36.2 Å². The Labute approximate surface area is 170 Å². The molecular formula is C18H21N7O5. The minimum Gasteiger partial charge on any atom is -0.497 e. The molecule has 2 aromatic heterocycles. The van der Waals surface area contributed by atoms with Gasteiger partial charge in [-0.3, -0.25) is 4.57 Å². The molecule has 3 aromatic rings. The number of hydrazone groups is 1. The molecule has 6 N–H and O–H groups in total. The van der Waals surface area contributed by atoms with Gasteiger partial charge in [0.15, 0.2) is 23.2 Å². The number of fused-ring (bicyclic) bond motifs is 1. The number of anilines is 2. The van der Waals surface area contributed by atoms with E-state index in [-0.39, 0.29) is 22.9 Å². The zero-order valence-corrected chi connectivity index (χ0v) is 16.0. The largest absolute Gasteiger partial charge is 0.497 e. The second kappa shape index (κ2) is 8.20. The van der Waals surface area contributed by atoms with Crippen LogP contribution in [0.5, 0.6) is 5.75 Å². The molecule has 158 valence electrons. The summed E-state index contributed by atoms with van der Waals surface area (Å²) in [6, 6.07) is 7.24. The van der Waals surface area contributed by atoms with Gasteiger partial charge >= 0.3 is 0 Å². The van der Waals surface area contributed by atoms with E-state index in [1.807, 2.05) is 12.1 Å². The fourth-order valence-corrected chi connectivity index (χ4v) is 3.19. The summed E-state index contributed by atoms with van der Waals surface area (Å²) in [7, 11) is 1.58. The van der Waals surface area contributed by atoms with Crippen molar-refractivity contribution in [1.82, 2.24) is 19.5 Å². The quantitative estimate of drug-likeness (QED) is 0.260. The molecule has 30 heavy (non-hydrogen) atoms. The lowest BCUT2D eigenvalue weighted by atomic mass is 10.1. The van der Waals surface area contributed by atoms with Gasteiger partial charge in [-0.1, -0.05) is 0 Å². The van der Waals surface area contributed by atoms with Crippen molar-refractivity contribution in [3.63, 3.8) is 0 Å². The summed E-state index contributed by atoms with van der Waals surface area (Å²) in [5, 5.41) is 34.1. The third-order valence-corrected chi connectivity index (χ3v) is 4.77. The normalized spacial score (nSPS) is 24.0. The Bertz CT molecular complexity index is 1060. The number of aliphatic hydroxyl groups is 3. The molecule has 1 aliphatic heterocycles. The fourth-order valence-electron chi connectivity index (χ4n) is 3.19. The number of hydrogen-bond acceptors (Lipinski definition) is 11. The first-order chi connectivity index (χ1) is 14.5. The number of nitrogens with zero attached hydrogens (tertiary/aromatic N) is 5. The maximum Gasteiger partial charge on any atom is 0.228 e. The third-order valence-electron chi connectivity index (χ3n) is 4.77. The standard InChI is InChI=1S/C18H21N7O5/c1-29-10-4-2-9(3-5-10)6-22-24-18-23-12-15(19)20-8-21-16(12)25(18)17-14(28)13(27)11(7-26)30-17/h2-6,8,11,13-14,17,26-28H,7H2,1H3,(H,23,24)(H2,19,20,21)/b22-6-/t11-,13+,14-,17+/m0/s1. The van der Waals surface area contributed by atoms with Crippen LogP contribution in [0.1, 0.15) is 11.8 Å². The number of aromatic nitrogens is 4. The van der Waals surface area contributed by atoms with Crippen LogP contribution in [0.3, 0.4) is 0 Å². The number of aliphatic hydroxyl groups excluding tert-OH is 3. The number of nitrogens with two attached hydrogens (primary N) is 1. The Hall–Kier alpha value is -3.32. The van der Waals surface area contributed by atoms with Gasteiger partial charge in [0.2, 0.25) is 5.95 Å². The van der Waals surface area contributed by atoms with Gasteiger partial charge < -0.3 is 30.5 Å². The minimum atomic E-state index is -1.33. The van der Waals surface area contributed by atoms with Crippen LogP contribution in [0, 0.1) is 0 Å². The van der Waals surface area contributed by atoms with Crippen LogP contribution in [0.4, 0.5) is 11.8 Å². The summed E-state index contributed by atoms with van der Waals surface area (Å²) in [5.41, 5.74) is 10.0. The lowest BCUT2D eigenvalue weighted by molar-refractivity contribution is -0.0501. The Kier molecular flexibility index (Phi) is 5.46. The number of methoxy groups -OCH3 is 1. The molecule has 1 fully saturated rings. The highest BCUT2D eigenvalue weighted by atomic mass is 16.6. The molecule has 4 rings (SSSR count). The van der Waals surface area contributed by atoms with Crippen LogP contribution in [-0.4, -0.2) is 73.1 Å². The van der Waals surface area contributed by atoms with E-state index in [9.17, 15) is 15.3 Å². The molecule has 1 saturated heterocycles. The molecule has 0 saturated carbocycles. The number of benzene rings is 1. The zero-order valence-electron chi connectivity index (χ0n) is 16.0. The van der Waals surface area contributed by atoms with Crippen LogP contribution in [0.25, 0.3) is 11.2 Å². The molecule has 12 heteroatoms. The molecule has 0 unspecified atom stereocenters. The van der Waals surface area contributed by atoms with E-state index in [0.29, 0.717) is 0 Å². The van der Waals surface area contributed by atoms with Crippen LogP contribution in [-0.2, 0) is 4.74 Å². The van der Waals surface area contributed by atoms with Gasteiger partial charge in [-0.25, -0.2) is 20.4 Å². The molecule has 3 heterocycles. The highest BCUT2D eigenvalue weighted by Crippen LogP contribution is 2.35. The van der Waals surface area contributed by atoms with E-state index >= 15 is 0 Å². The van der Waals surface area contributed by atoms with Gasteiger partial charge in [0.25, 0.3) is 0 Å². The van der Waals surface area contributed by atoms with E-state index in [4.69, 9.17) is 15.2 Å². The van der Waals surface area contributed by atoms with E-state index < -0.39 is 31.1 Å². The van der Waals surface area contributed by atoms with Crippen molar-refractivity contribution in [3.8, 4) is 5.75 Å². The van der Waals surface area contributed by atoms with Gasteiger partial charge in [-0.15, -0.1) is 0 Å². The first-order valence-corrected chi connectivity index (χ1v) is 9.07. The summed E-state index contributed by atoms with van der Waals surface area (Å²) in [5.74, 6) is 1.02. The lowest BCUT2D eigenvalue weighted by Crippen LogP contribution is -2.33. The summed E-state index contributed by atoms with van der Waals surface area (Å²) in [4.78, 5) is 12.4. The second-order valence-electron chi connectivity index (χ2n) is 6.61. The van der Waals surface area contributed by atoms with Crippen LogP contribution in [0.2, 0.25) is 0 Å². The molecule has 12 nitrogen and oxygen atoms in total. The first-order valence-electron chi connectivity index (χ1n) is 9.07. The number of nitrogen functional groups attached to an aromatic ring is 1. The van der Waals surface area contributed by atoms with Crippen molar-refractivity contribution in [2.45, 2.75) is 24.5 Å². The molecule has 1 aliphatic rings. The first kappa shape index (κ1) is 20.0. The Morgan fingerprint density at radius 1 is 1.27 bits per heavy atom. The highest BCUT2D eigenvalue weighted by molar-refractivity contribution is 5.84. The second-order valence-corrected chi connectivity index (χ2v) is 6.61. The SMILES string of the molecule is COc1ccc(/C=N\Nc2nc3c(N)ncnc3n2[C@@H]2O[C@@H](CO)[C@@H](O)[C@@H]2O)cc1. The fraction of sp³-hybridized carbons (Fsp3) is 0.333. The number of hydrogen-bond donors (Lipinski definition) is 5. The summed E-state index contributed by atoms with van der Waals surface area (Å²) >= 11 is 0. The maximum atomic E-state index is 10.4. The Morgan fingerprint density at radius 3 is 2.70 bits per heavy atom. The maximum absolute atomic E-state index is 10.4. The van der Waals surface area contributed by atoms with Crippen molar-refractivity contribution in [2.24, 2.45) is 5.10 Å². The van der Waals surface area contributed by atoms with Gasteiger partial charge in [0.05, 0.1) is 19.9 Å². The molecule has 1 aromatic carbocycles. The predicted molar refractivity (Wildman–Crippen MR) is 107 cm³/mol. The Balaban J connectivity index is 1.68. The zero-order chi connectivity index (χ0) is 21.3. The van der Waals surface area contributed by atoms with E-state index in [1.54, 1.807) is 25.5 Å². The van der Waals surface area contributed by atoms with Gasteiger partial charge in [-0.2, -0.15) is 5.10 Å². The summed E-state index contributed by atoms with van der Waals surface area (Å²) in [6.45, 7) is -0.461. The van der Waals surface area contributed by atoms with E-state index in [2.05, 4.69) is 25.5 Å². The van der Waals surface area contributed by atoms with Crippen molar-refractivity contribution >= 4 is 29.1 Å². The van der Waals surface area contributed by atoms with Crippen LogP contribution >= 0.6 is 0 Å². The predicted octanol–water partition coefficient (Wildman–Crippen LogP) is -0.525. The average Bonchev–Trinajstić information content (AvgIpc) is 3.26. The van der Waals surface area contributed by atoms with Crippen LogP contribution in [0.15, 0.2) is 35.7 Å². The number of imidazole rings is 1. The summed E-state index contributed by atoms with van der Waals surface area (Å²) < 4.78 is 12.2. The molecule has 0 amide bonds. The topological polar surface area (TPSA) is 173 Å². The molecule has 0 spiro atoms. The monoisotopic (exact) mass is 415 g/mol. The van der Waals surface area contributed by atoms with Crippen molar-refractivity contribution in [2.75, 3.05) is 24.9 Å². The van der Waals surface area contributed by atoms with Gasteiger partial charge in [-0.05, 0) is 29.8 Å².